The van der Waals surface area contributed by atoms with Crippen molar-refractivity contribution < 1.29 is 9.59 Å². The molecule has 0 radical (unpaired) electrons. The molecule has 4 rings (SSSR count). The number of thioether (sulfide) groups is 1. The number of hydrogen-bond donors (Lipinski definition) is 2. The van der Waals surface area contributed by atoms with Crippen molar-refractivity contribution in [3.63, 3.8) is 0 Å². The molecule has 0 atom stereocenters. The Morgan fingerprint density at radius 2 is 1.97 bits per heavy atom. The van der Waals surface area contributed by atoms with E-state index in [9.17, 15) is 9.59 Å². The largest absolute Gasteiger partial charge is 0.354 e. The predicted octanol–water partition coefficient (Wildman–Crippen LogP) is 3.94. The average molecular weight is 449 g/mol. The number of nitrogens with zero attached hydrogens (tertiary/aromatic N) is 2. The molecule has 3 aromatic rings. The summed E-state index contributed by atoms with van der Waals surface area (Å²) in [6.45, 7) is 7.53. The molecule has 0 bridgehead atoms. The van der Waals surface area contributed by atoms with Crippen molar-refractivity contribution in [3.8, 4) is 0 Å². The number of amides is 2. The van der Waals surface area contributed by atoms with Gasteiger partial charge in [-0.25, -0.2) is 0 Å². The first-order chi connectivity index (χ1) is 15.4. The molecule has 0 fully saturated rings. The molecule has 1 aliphatic rings. The van der Waals surface area contributed by atoms with Crippen molar-refractivity contribution in [2.45, 2.75) is 45.2 Å². The van der Waals surface area contributed by atoms with Crippen LogP contribution in [0.4, 0.5) is 0 Å². The molecular formula is C25H28N4O2S. The molecule has 0 saturated heterocycles. The lowest BCUT2D eigenvalue weighted by Gasteiger charge is -2.30. The first-order valence-electron chi connectivity index (χ1n) is 10.8. The van der Waals surface area contributed by atoms with Gasteiger partial charge in [0.1, 0.15) is 5.69 Å². The minimum atomic E-state index is 0.000981. The zero-order valence-electron chi connectivity index (χ0n) is 18.7. The Bertz CT molecular complexity index is 1140. The van der Waals surface area contributed by atoms with Gasteiger partial charge in [0.25, 0.3) is 5.91 Å². The van der Waals surface area contributed by atoms with Crippen LogP contribution in [0.5, 0.6) is 0 Å². The number of fused-ring (bicyclic) bond motifs is 1. The number of aryl methyl sites for hydroxylation is 3. The number of hydrogen-bond acceptors (Lipinski definition) is 4. The minimum absolute atomic E-state index is 0.000981. The molecule has 3 heterocycles. The molecule has 7 heteroatoms. The van der Waals surface area contributed by atoms with E-state index in [0.29, 0.717) is 31.1 Å². The standard InChI is InChI=1S/C25H28N4O2S/c1-16-11-17(2)28-24(16)25(31)29-10-9-21-19(14-29)12-26-18(3)22(21)13-27-23(30)15-32-20-7-5-4-6-8-20/h4-8,11-12,28H,9-10,13-15H2,1-3H3,(H,27,30). The van der Waals surface area contributed by atoms with E-state index in [0.717, 1.165) is 39.4 Å². The number of aromatic amines is 1. The Morgan fingerprint density at radius 1 is 1.19 bits per heavy atom. The summed E-state index contributed by atoms with van der Waals surface area (Å²) in [5.74, 6) is 0.401. The number of carbonyl (C=O) groups is 2. The third-order valence-electron chi connectivity index (χ3n) is 5.82. The summed E-state index contributed by atoms with van der Waals surface area (Å²) >= 11 is 1.53. The normalized spacial score (nSPS) is 13.0. The Kier molecular flexibility index (Phi) is 6.65. The van der Waals surface area contributed by atoms with Crippen LogP contribution in [0.25, 0.3) is 0 Å². The van der Waals surface area contributed by atoms with Gasteiger partial charge in [-0.1, -0.05) is 18.2 Å². The second kappa shape index (κ2) is 9.61. The third-order valence-corrected chi connectivity index (χ3v) is 6.83. The summed E-state index contributed by atoms with van der Waals surface area (Å²) < 4.78 is 0. The summed E-state index contributed by atoms with van der Waals surface area (Å²) in [6, 6.07) is 11.9. The number of pyridine rings is 1. The van der Waals surface area contributed by atoms with E-state index in [1.54, 1.807) is 0 Å². The van der Waals surface area contributed by atoms with E-state index in [1.165, 1.54) is 17.3 Å². The number of carbonyl (C=O) groups excluding carboxylic acids is 2. The molecule has 1 aliphatic heterocycles. The van der Waals surface area contributed by atoms with Crippen LogP contribution >= 0.6 is 11.8 Å². The minimum Gasteiger partial charge on any atom is -0.354 e. The zero-order chi connectivity index (χ0) is 22.7. The quantitative estimate of drug-likeness (QED) is 0.560. The monoisotopic (exact) mass is 448 g/mol. The summed E-state index contributed by atoms with van der Waals surface area (Å²) in [4.78, 5) is 36.1. The number of aromatic nitrogens is 2. The number of benzene rings is 1. The highest BCUT2D eigenvalue weighted by molar-refractivity contribution is 8.00. The zero-order valence-corrected chi connectivity index (χ0v) is 19.5. The van der Waals surface area contributed by atoms with Gasteiger partial charge in [0.15, 0.2) is 0 Å². The average Bonchev–Trinajstić information content (AvgIpc) is 3.14. The van der Waals surface area contributed by atoms with Gasteiger partial charge in [-0.15, -0.1) is 11.8 Å². The van der Waals surface area contributed by atoms with Gasteiger partial charge in [0.2, 0.25) is 5.91 Å². The Balaban J connectivity index is 1.41. The van der Waals surface area contributed by atoms with Gasteiger partial charge < -0.3 is 15.2 Å². The molecule has 1 aromatic carbocycles. The lowest BCUT2D eigenvalue weighted by molar-refractivity contribution is -0.118. The van der Waals surface area contributed by atoms with E-state index in [2.05, 4.69) is 15.3 Å². The molecule has 2 aromatic heterocycles. The molecule has 0 unspecified atom stereocenters. The molecular weight excluding hydrogens is 420 g/mol. The van der Waals surface area contributed by atoms with Gasteiger partial charge in [-0.2, -0.15) is 0 Å². The summed E-state index contributed by atoms with van der Waals surface area (Å²) in [7, 11) is 0. The van der Waals surface area contributed by atoms with Crippen LogP contribution in [-0.4, -0.2) is 39.0 Å². The Morgan fingerprint density at radius 3 is 2.69 bits per heavy atom. The topological polar surface area (TPSA) is 78.1 Å². The molecule has 0 spiro atoms. The Labute approximate surface area is 192 Å². The second-order valence-corrected chi connectivity index (χ2v) is 9.24. The fourth-order valence-electron chi connectivity index (χ4n) is 4.14. The van der Waals surface area contributed by atoms with Crippen molar-refractivity contribution in [2.75, 3.05) is 12.3 Å². The van der Waals surface area contributed by atoms with Crippen molar-refractivity contribution in [1.82, 2.24) is 20.2 Å². The van der Waals surface area contributed by atoms with Crippen LogP contribution in [0.3, 0.4) is 0 Å². The second-order valence-electron chi connectivity index (χ2n) is 8.19. The molecule has 0 aliphatic carbocycles. The highest BCUT2D eigenvalue weighted by Gasteiger charge is 2.26. The maximum Gasteiger partial charge on any atom is 0.270 e. The van der Waals surface area contributed by atoms with Gasteiger partial charge in [-0.3, -0.25) is 14.6 Å². The van der Waals surface area contributed by atoms with Crippen LogP contribution in [0.2, 0.25) is 0 Å². The summed E-state index contributed by atoms with van der Waals surface area (Å²) in [5, 5.41) is 3.04. The molecule has 32 heavy (non-hydrogen) atoms. The van der Waals surface area contributed by atoms with E-state index in [4.69, 9.17) is 0 Å². The first-order valence-corrected chi connectivity index (χ1v) is 11.8. The van der Waals surface area contributed by atoms with E-state index < -0.39 is 0 Å². The highest BCUT2D eigenvalue weighted by Crippen LogP contribution is 2.26. The molecule has 2 N–H and O–H groups in total. The molecule has 166 valence electrons. The van der Waals surface area contributed by atoms with Crippen LogP contribution in [-0.2, 0) is 24.3 Å². The van der Waals surface area contributed by atoms with Crippen LogP contribution < -0.4 is 5.32 Å². The van der Waals surface area contributed by atoms with E-state index >= 15 is 0 Å². The molecule has 6 nitrogen and oxygen atoms in total. The van der Waals surface area contributed by atoms with Gasteiger partial charge in [0, 0.05) is 42.1 Å². The van der Waals surface area contributed by atoms with Gasteiger partial charge in [-0.05, 0) is 67.6 Å². The van der Waals surface area contributed by atoms with Crippen molar-refractivity contribution in [3.05, 3.63) is 81.9 Å². The van der Waals surface area contributed by atoms with Crippen LogP contribution in [0.1, 0.15) is 44.1 Å². The van der Waals surface area contributed by atoms with Crippen LogP contribution in [0, 0.1) is 20.8 Å². The fourth-order valence-corrected chi connectivity index (χ4v) is 4.89. The maximum absolute atomic E-state index is 13.0. The maximum atomic E-state index is 13.0. The number of rotatable bonds is 6. The Hall–Kier alpha value is -3.06. The smallest absolute Gasteiger partial charge is 0.270 e. The van der Waals surface area contributed by atoms with Gasteiger partial charge in [0.05, 0.1) is 5.75 Å². The van der Waals surface area contributed by atoms with Crippen molar-refractivity contribution in [2.24, 2.45) is 0 Å². The van der Waals surface area contributed by atoms with Crippen LogP contribution in [0.15, 0.2) is 47.5 Å². The molecule has 2 amide bonds. The van der Waals surface area contributed by atoms with Crippen molar-refractivity contribution in [1.29, 1.82) is 0 Å². The van der Waals surface area contributed by atoms with E-state index in [-0.39, 0.29) is 11.8 Å². The lowest BCUT2D eigenvalue weighted by atomic mass is 9.94. The fraction of sp³-hybridized carbons (Fsp3) is 0.320. The lowest BCUT2D eigenvalue weighted by Crippen LogP contribution is -2.37. The molecule has 0 saturated carbocycles. The number of H-pyrrole nitrogens is 1. The third kappa shape index (κ3) is 4.88. The van der Waals surface area contributed by atoms with Crippen molar-refractivity contribution >= 4 is 23.6 Å². The summed E-state index contributed by atoms with van der Waals surface area (Å²) in [6.07, 6.45) is 2.63. The summed E-state index contributed by atoms with van der Waals surface area (Å²) in [5.41, 5.74) is 6.88. The predicted molar refractivity (Wildman–Crippen MR) is 127 cm³/mol. The van der Waals surface area contributed by atoms with E-state index in [1.807, 2.05) is 68.3 Å². The first kappa shape index (κ1) is 22.1. The van der Waals surface area contributed by atoms with Gasteiger partial charge >= 0.3 is 0 Å². The highest BCUT2D eigenvalue weighted by atomic mass is 32.2. The SMILES string of the molecule is Cc1cc(C)c(C(=O)N2CCc3c(cnc(C)c3CNC(=O)CSc3ccccc3)C2)[nH]1. The number of nitrogens with one attached hydrogen (secondary N) is 2.